The van der Waals surface area contributed by atoms with Crippen LogP contribution in [0.15, 0.2) is 64.3 Å². The van der Waals surface area contributed by atoms with E-state index in [4.69, 9.17) is 14.3 Å². The van der Waals surface area contributed by atoms with Crippen LogP contribution in [0.2, 0.25) is 0 Å². The van der Waals surface area contributed by atoms with Gasteiger partial charge in [0.05, 0.1) is 12.3 Å². The molecule has 0 saturated carbocycles. The highest BCUT2D eigenvalue weighted by atomic mass is 16.6. The molecular weight excluding hydrogens is 430 g/mol. The zero-order valence-corrected chi connectivity index (χ0v) is 19.6. The number of hydrogen-bond donors (Lipinski definition) is 0. The molecule has 8 nitrogen and oxygen atoms in total. The minimum atomic E-state index is -0.334. The quantitative estimate of drug-likeness (QED) is 0.534. The van der Waals surface area contributed by atoms with Crippen molar-refractivity contribution in [2.24, 2.45) is 5.16 Å². The molecule has 0 N–H and O–H groups in total. The fourth-order valence-electron chi connectivity index (χ4n) is 4.75. The predicted molar refractivity (Wildman–Crippen MR) is 128 cm³/mol. The third-order valence-corrected chi connectivity index (χ3v) is 6.70. The van der Waals surface area contributed by atoms with Crippen LogP contribution in [0.5, 0.6) is 0 Å². The third-order valence-electron chi connectivity index (χ3n) is 6.70. The van der Waals surface area contributed by atoms with Crippen molar-refractivity contribution >= 4 is 11.6 Å². The van der Waals surface area contributed by atoms with Crippen molar-refractivity contribution in [1.82, 2.24) is 19.9 Å². The minimum absolute atomic E-state index is 0.0865. The Kier molecular flexibility index (Phi) is 6.40. The highest BCUT2D eigenvalue weighted by molar-refractivity contribution is 6.00. The van der Waals surface area contributed by atoms with E-state index in [0.717, 1.165) is 42.8 Å². The maximum atomic E-state index is 13.5. The molecule has 0 spiro atoms. The molecule has 5 rings (SSSR count). The van der Waals surface area contributed by atoms with Crippen LogP contribution in [-0.4, -0.2) is 65.4 Å². The number of amides is 1. The Morgan fingerprint density at radius 2 is 1.76 bits per heavy atom. The number of rotatable bonds is 5. The second-order valence-electron chi connectivity index (χ2n) is 9.00. The zero-order chi connectivity index (χ0) is 23.5. The summed E-state index contributed by atoms with van der Waals surface area (Å²) in [5.41, 5.74) is 3.58. The Bertz CT molecular complexity index is 1150. The smallest absolute Gasteiger partial charge is 0.254 e. The van der Waals surface area contributed by atoms with Crippen molar-refractivity contribution < 1.29 is 14.2 Å². The van der Waals surface area contributed by atoms with Gasteiger partial charge in [0.2, 0.25) is 5.89 Å². The van der Waals surface area contributed by atoms with Crippen LogP contribution >= 0.6 is 0 Å². The van der Waals surface area contributed by atoms with Gasteiger partial charge < -0.3 is 19.2 Å². The fraction of sp³-hybridized carbons (Fsp3) is 0.385. The summed E-state index contributed by atoms with van der Waals surface area (Å²) in [6.45, 7) is 2.40. The summed E-state index contributed by atoms with van der Waals surface area (Å²) in [7, 11) is 3.64. The number of likely N-dealkylation sites (tertiary alicyclic amines) is 2. The summed E-state index contributed by atoms with van der Waals surface area (Å²) in [5, 5.41) is 8.39. The van der Waals surface area contributed by atoms with Crippen LogP contribution in [0.3, 0.4) is 0 Å². The van der Waals surface area contributed by atoms with Crippen molar-refractivity contribution in [2.45, 2.75) is 31.2 Å². The molecule has 176 valence electrons. The molecule has 0 bridgehead atoms. The number of piperidine rings is 1. The van der Waals surface area contributed by atoms with E-state index in [2.05, 4.69) is 34.4 Å². The van der Waals surface area contributed by atoms with Gasteiger partial charge in [-0.15, -0.1) is 0 Å². The maximum Gasteiger partial charge on any atom is 0.254 e. The number of aromatic nitrogens is 2. The Morgan fingerprint density at radius 1 is 1.06 bits per heavy atom. The SMILES string of the molecule is CON=C1CC(c2noc(C3CCN(C)CC3)n2)N(C(=O)c2ccc(-c3ccccc3)cc2)C1. The van der Waals surface area contributed by atoms with Crippen LogP contribution in [0.1, 0.15) is 53.3 Å². The Hall–Kier alpha value is -3.52. The summed E-state index contributed by atoms with van der Waals surface area (Å²) in [6, 6.07) is 17.5. The second-order valence-corrected chi connectivity index (χ2v) is 9.00. The first-order chi connectivity index (χ1) is 16.6. The van der Waals surface area contributed by atoms with Gasteiger partial charge in [0.25, 0.3) is 5.91 Å². The topological polar surface area (TPSA) is 84.1 Å². The van der Waals surface area contributed by atoms with Crippen molar-refractivity contribution in [3.8, 4) is 11.1 Å². The third kappa shape index (κ3) is 4.59. The number of carbonyl (C=O) groups is 1. The number of carbonyl (C=O) groups excluding carboxylic acids is 1. The molecule has 2 aliphatic rings. The summed E-state index contributed by atoms with van der Waals surface area (Å²) in [6.07, 6.45) is 2.51. The van der Waals surface area contributed by atoms with E-state index >= 15 is 0 Å². The first-order valence-corrected chi connectivity index (χ1v) is 11.7. The van der Waals surface area contributed by atoms with Crippen LogP contribution in [-0.2, 0) is 4.84 Å². The normalized spacial score (nSPS) is 20.7. The first-order valence-electron chi connectivity index (χ1n) is 11.7. The largest absolute Gasteiger partial charge is 0.399 e. The van der Waals surface area contributed by atoms with Crippen LogP contribution in [0, 0.1) is 0 Å². The summed E-state index contributed by atoms with van der Waals surface area (Å²) < 4.78 is 5.66. The van der Waals surface area contributed by atoms with E-state index in [9.17, 15) is 4.79 Å². The lowest BCUT2D eigenvalue weighted by molar-refractivity contribution is 0.0732. The average molecular weight is 460 g/mol. The van der Waals surface area contributed by atoms with Gasteiger partial charge in [0, 0.05) is 17.9 Å². The monoisotopic (exact) mass is 459 g/mol. The number of hydrogen-bond acceptors (Lipinski definition) is 7. The van der Waals surface area contributed by atoms with Gasteiger partial charge in [-0.2, -0.15) is 4.98 Å². The van der Waals surface area contributed by atoms with Crippen molar-refractivity contribution in [1.29, 1.82) is 0 Å². The number of oxime groups is 1. The first kappa shape index (κ1) is 22.3. The Balaban J connectivity index is 1.37. The van der Waals surface area contributed by atoms with Gasteiger partial charge in [-0.05, 0) is 56.2 Å². The molecule has 0 aliphatic carbocycles. The molecule has 3 heterocycles. The fourth-order valence-corrected chi connectivity index (χ4v) is 4.75. The molecule has 0 radical (unpaired) electrons. The van der Waals surface area contributed by atoms with E-state index in [1.54, 1.807) is 4.90 Å². The Labute approximate surface area is 199 Å². The molecule has 2 aromatic carbocycles. The molecule has 1 aromatic heterocycles. The molecule has 8 heteroatoms. The lowest BCUT2D eigenvalue weighted by Crippen LogP contribution is -2.32. The molecule has 2 aliphatic heterocycles. The summed E-state index contributed by atoms with van der Waals surface area (Å²) >= 11 is 0. The van der Waals surface area contributed by atoms with E-state index < -0.39 is 0 Å². The molecule has 2 fully saturated rings. The van der Waals surface area contributed by atoms with E-state index in [1.165, 1.54) is 7.11 Å². The van der Waals surface area contributed by atoms with Gasteiger partial charge in [0.15, 0.2) is 5.82 Å². The van der Waals surface area contributed by atoms with Crippen LogP contribution < -0.4 is 0 Å². The predicted octanol–water partition coefficient (Wildman–Crippen LogP) is 4.14. The van der Waals surface area contributed by atoms with E-state index in [0.29, 0.717) is 30.2 Å². The Morgan fingerprint density at radius 3 is 2.47 bits per heavy atom. The van der Waals surface area contributed by atoms with Gasteiger partial charge in [-0.25, -0.2) is 0 Å². The molecule has 34 heavy (non-hydrogen) atoms. The minimum Gasteiger partial charge on any atom is -0.399 e. The lowest BCUT2D eigenvalue weighted by Gasteiger charge is -2.26. The standard InChI is InChI=1S/C26H29N5O3/c1-30-14-12-20(13-15-30)25-27-24(29-34-25)23-16-22(28-33-2)17-31(23)26(32)21-10-8-19(9-11-21)18-6-4-3-5-7-18/h3-11,20,23H,12-17H2,1-2H3. The van der Waals surface area contributed by atoms with Gasteiger partial charge in [-0.3, -0.25) is 4.79 Å². The lowest BCUT2D eigenvalue weighted by atomic mass is 9.97. The number of benzene rings is 2. The van der Waals surface area contributed by atoms with Crippen LogP contribution in [0.25, 0.3) is 11.1 Å². The van der Waals surface area contributed by atoms with Gasteiger partial charge in [0.1, 0.15) is 13.2 Å². The maximum absolute atomic E-state index is 13.5. The highest BCUT2D eigenvalue weighted by Gasteiger charge is 2.38. The highest BCUT2D eigenvalue weighted by Crippen LogP contribution is 2.33. The van der Waals surface area contributed by atoms with Crippen molar-refractivity contribution in [3.63, 3.8) is 0 Å². The molecule has 2 saturated heterocycles. The molecule has 1 amide bonds. The van der Waals surface area contributed by atoms with Gasteiger partial charge >= 0.3 is 0 Å². The molecule has 3 aromatic rings. The van der Waals surface area contributed by atoms with Crippen LogP contribution in [0.4, 0.5) is 0 Å². The van der Waals surface area contributed by atoms with E-state index in [-0.39, 0.29) is 17.9 Å². The van der Waals surface area contributed by atoms with Gasteiger partial charge in [-0.1, -0.05) is 52.8 Å². The second kappa shape index (κ2) is 9.77. The molecule has 1 atom stereocenters. The van der Waals surface area contributed by atoms with Crippen molar-refractivity contribution in [3.05, 3.63) is 71.9 Å². The summed E-state index contributed by atoms with van der Waals surface area (Å²) in [4.78, 5) is 27.3. The zero-order valence-electron chi connectivity index (χ0n) is 19.6. The van der Waals surface area contributed by atoms with E-state index in [1.807, 2.05) is 42.5 Å². The average Bonchev–Trinajstić information content (AvgIpc) is 3.53. The number of nitrogens with zero attached hydrogens (tertiary/aromatic N) is 5. The van der Waals surface area contributed by atoms with Crippen molar-refractivity contribution in [2.75, 3.05) is 33.8 Å². The molecular formula is C26H29N5O3. The molecule has 1 unspecified atom stereocenters. The summed E-state index contributed by atoms with van der Waals surface area (Å²) in [5.74, 6) is 1.38.